The predicted octanol–water partition coefficient (Wildman–Crippen LogP) is 4.00. The highest BCUT2D eigenvalue weighted by Crippen LogP contribution is 2.41. The minimum absolute atomic E-state index is 0.315. The van der Waals surface area contributed by atoms with Crippen molar-refractivity contribution in [2.24, 2.45) is 5.41 Å². The van der Waals surface area contributed by atoms with Crippen molar-refractivity contribution in [1.29, 1.82) is 0 Å². The van der Waals surface area contributed by atoms with Gasteiger partial charge in [-0.1, -0.05) is 36.4 Å². The number of benzene rings is 2. The van der Waals surface area contributed by atoms with Crippen LogP contribution < -0.4 is 0 Å². The van der Waals surface area contributed by atoms with Gasteiger partial charge in [-0.3, -0.25) is 4.79 Å². The van der Waals surface area contributed by atoms with E-state index in [0.29, 0.717) is 29.3 Å². The molecule has 108 valence electrons. The van der Waals surface area contributed by atoms with Crippen LogP contribution >= 0.6 is 15.9 Å². The average molecular weight is 349 g/mol. The molecule has 3 rings (SSSR count). The first kappa shape index (κ1) is 14.3. The summed E-state index contributed by atoms with van der Waals surface area (Å²) in [6, 6.07) is 12.6. The third kappa shape index (κ3) is 2.48. The second-order valence-electron chi connectivity index (χ2n) is 5.60. The monoisotopic (exact) mass is 348 g/mol. The molecule has 0 saturated carbocycles. The number of hydrogen-bond acceptors (Lipinski definition) is 1. The molecule has 2 aromatic rings. The van der Waals surface area contributed by atoms with Gasteiger partial charge in [0.05, 0.1) is 9.89 Å². The van der Waals surface area contributed by atoms with Crippen LogP contribution in [0.25, 0.3) is 0 Å². The topological polar surface area (TPSA) is 37.3 Å². The maximum atomic E-state index is 13.6. The molecular weight excluding hydrogens is 335 g/mol. The van der Waals surface area contributed by atoms with E-state index in [0.717, 1.165) is 11.1 Å². The van der Waals surface area contributed by atoms with E-state index >= 15 is 0 Å². The van der Waals surface area contributed by atoms with E-state index in [-0.39, 0.29) is 5.82 Å². The van der Waals surface area contributed by atoms with Crippen LogP contribution in [0.5, 0.6) is 0 Å². The second kappa shape index (κ2) is 5.26. The van der Waals surface area contributed by atoms with E-state index in [9.17, 15) is 14.3 Å². The Labute approximate surface area is 130 Å². The highest BCUT2D eigenvalue weighted by Gasteiger charge is 2.44. The Kier molecular flexibility index (Phi) is 3.57. The molecule has 4 heteroatoms. The smallest absolute Gasteiger partial charge is 0.310 e. The molecule has 0 heterocycles. The van der Waals surface area contributed by atoms with Crippen LogP contribution in [-0.2, 0) is 24.1 Å². The molecule has 0 amide bonds. The lowest BCUT2D eigenvalue weighted by molar-refractivity contribution is -0.148. The minimum Gasteiger partial charge on any atom is -0.481 e. The van der Waals surface area contributed by atoms with Gasteiger partial charge >= 0.3 is 5.97 Å². The fraction of sp³-hybridized carbons (Fsp3) is 0.235. The zero-order valence-electron chi connectivity index (χ0n) is 11.3. The molecule has 0 spiro atoms. The Balaban J connectivity index is 1.98. The molecular formula is C17H14BrFO2. The van der Waals surface area contributed by atoms with Crippen molar-refractivity contribution in [1.82, 2.24) is 0 Å². The highest BCUT2D eigenvalue weighted by molar-refractivity contribution is 9.10. The van der Waals surface area contributed by atoms with Gasteiger partial charge in [-0.2, -0.15) is 0 Å². The number of carboxylic acids is 1. The van der Waals surface area contributed by atoms with Gasteiger partial charge in [-0.15, -0.1) is 0 Å². The number of hydrogen-bond donors (Lipinski definition) is 1. The molecule has 0 unspecified atom stereocenters. The van der Waals surface area contributed by atoms with E-state index in [1.165, 1.54) is 6.07 Å². The molecule has 2 aromatic carbocycles. The van der Waals surface area contributed by atoms with Crippen molar-refractivity contribution >= 4 is 21.9 Å². The van der Waals surface area contributed by atoms with Crippen molar-refractivity contribution in [2.45, 2.75) is 19.3 Å². The summed E-state index contributed by atoms with van der Waals surface area (Å²) in [6.07, 6.45) is 1.29. The quantitative estimate of drug-likeness (QED) is 0.910. The molecule has 0 atom stereocenters. The van der Waals surface area contributed by atoms with E-state index < -0.39 is 11.4 Å². The van der Waals surface area contributed by atoms with Gasteiger partial charge < -0.3 is 5.11 Å². The number of carbonyl (C=O) groups is 1. The molecule has 1 aliphatic rings. The number of rotatable bonds is 3. The second-order valence-corrected chi connectivity index (χ2v) is 6.39. The zero-order chi connectivity index (χ0) is 15.0. The molecule has 0 radical (unpaired) electrons. The summed E-state index contributed by atoms with van der Waals surface area (Å²) in [7, 11) is 0. The van der Waals surface area contributed by atoms with Crippen LogP contribution in [0.15, 0.2) is 46.9 Å². The fourth-order valence-electron chi connectivity index (χ4n) is 3.10. The molecule has 1 N–H and O–H groups in total. The lowest BCUT2D eigenvalue weighted by Crippen LogP contribution is -2.34. The summed E-state index contributed by atoms with van der Waals surface area (Å²) < 4.78 is 14.0. The minimum atomic E-state index is -0.889. The fourth-order valence-corrected chi connectivity index (χ4v) is 3.50. The number of halogens is 2. The Bertz CT molecular complexity index is 687. The summed E-state index contributed by atoms with van der Waals surface area (Å²) in [6.45, 7) is 0. The van der Waals surface area contributed by atoms with Crippen LogP contribution in [-0.4, -0.2) is 11.1 Å². The van der Waals surface area contributed by atoms with Crippen LogP contribution in [0.4, 0.5) is 4.39 Å². The molecule has 0 bridgehead atoms. The molecule has 1 aliphatic carbocycles. The van der Waals surface area contributed by atoms with Crippen molar-refractivity contribution in [3.8, 4) is 0 Å². The van der Waals surface area contributed by atoms with Crippen molar-refractivity contribution in [3.63, 3.8) is 0 Å². The lowest BCUT2D eigenvalue weighted by Gasteiger charge is -2.24. The van der Waals surface area contributed by atoms with Gasteiger partial charge in [0.15, 0.2) is 0 Å². The SMILES string of the molecule is O=C(O)C1(Cc2cccc(F)c2Br)Cc2ccccc2C1. The first-order valence-corrected chi connectivity index (χ1v) is 7.54. The van der Waals surface area contributed by atoms with E-state index in [2.05, 4.69) is 15.9 Å². The largest absolute Gasteiger partial charge is 0.481 e. The van der Waals surface area contributed by atoms with Gasteiger partial charge in [-0.25, -0.2) is 4.39 Å². The third-order valence-electron chi connectivity index (χ3n) is 4.19. The number of fused-ring (bicyclic) bond motifs is 1. The Morgan fingerprint density at radius 2 is 1.76 bits per heavy atom. The maximum Gasteiger partial charge on any atom is 0.310 e. The summed E-state index contributed by atoms with van der Waals surface area (Å²) in [4.78, 5) is 11.9. The summed E-state index contributed by atoms with van der Waals surface area (Å²) in [5.74, 6) is -1.18. The number of aliphatic carboxylic acids is 1. The third-order valence-corrected chi connectivity index (χ3v) is 5.08. The van der Waals surface area contributed by atoms with Crippen molar-refractivity contribution in [3.05, 3.63) is 69.4 Å². The van der Waals surface area contributed by atoms with Gasteiger partial charge in [0.2, 0.25) is 0 Å². The van der Waals surface area contributed by atoms with Gasteiger partial charge in [-0.05, 0) is 57.9 Å². The molecule has 0 aromatic heterocycles. The zero-order valence-corrected chi connectivity index (χ0v) is 12.9. The molecule has 0 fully saturated rings. The summed E-state index contributed by atoms with van der Waals surface area (Å²) >= 11 is 3.23. The van der Waals surface area contributed by atoms with E-state index in [1.807, 2.05) is 24.3 Å². The molecule has 0 aliphatic heterocycles. The Morgan fingerprint density at radius 3 is 2.33 bits per heavy atom. The highest BCUT2D eigenvalue weighted by atomic mass is 79.9. The van der Waals surface area contributed by atoms with Gasteiger partial charge in [0.25, 0.3) is 0 Å². The first-order valence-electron chi connectivity index (χ1n) is 6.75. The van der Waals surface area contributed by atoms with Crippen molar-refractivity contribution in [2.75, 3.05) is 0 Å². The Hall–Kier alpha value is -1.68. The molecule has 0 saturated heterocycles. The van der Waals surface area contributed by atoms with Gasteiger partial charge in [0, 0.05) is 0 Å². The van der Waals surface area contributed by atoms with Crippen LogP contribution in [0.2, 0.25) is 0 Å². The van der Waals surface area contributed by atoms with Crippen LogP contribution in [0.1, 0.15) is 16.7 Å². The maximum absolute atomic E-state index is 13.6. The normalized spacial score (nSPS) is 15.7. The van der Waals surface area contributed by atoms with E-state index in [1.54, 1.807) is 12.1 Å². The molecule has 2 nitrogen and oxygen atoms in total. The van der Waals surface area contributed by atoms with Crippen LogP contribution in [0, 0.1) is 11.2 Å². The molecule has 21 heavy (non-hydrogen) atoms. The summed E-state index contributed by atoms with van der Waals surface area (Å²) in [5, 5.41) is 9.75. The lowest BCUT2D eigenvalue weighted by atomic mass is 9.79. The van der Waals surface area contributed by atoms with E-state index in [4.69, 9.17) is 0 Å². The predicted molar refractivity (Wildman–Crippen MR) is 81.7 cm³/mol. The standard InChI is InChI=1S/C17H14BrFO2/c18-15-13(6-3-7-14(15)19)10-17(16(20)21)8-11-4-1-2-5-12(11)9-17/h1-7H,8-10H2,(H,20,21). The Morgan fingerprint density at radius 1 is 1.14 bits per heavy atom. The number of carboxylic acid groups (broad SMARTS) is 1. The van der Waals surface area contributed by atoms with Crippen LogP contribution in [0.3, 0.4) is 0 Å². The summed E-state index contributed by atoms with van der Waals surface area (Å²) in [5.41, 5.74) is 1.96. The first-order chi connectivity index (χ1) is 10.0. The van der Waals surface area contributed by atoms with Crippen molar-refractivity contribution < 1.29 is 14.3 Å². The van der Waals surface area contributed by atoms with Gasteiger partial charge in [0.1, 0.15) is 5.82 Å². The average Bonchev–Trinajstić information content (AvgIpc) is 2.83.